The van der Waals surface area contributed by atoms with Gasteiger partial charge in [-0.05, 0) is 56.0 Å². The minimum absolute atomic E-state index is 0.0115. The minimum atomic E-state index is -0.644. The summed E-state index contributed by atoms with van der Waals surface area (Å²) in [6.45, 7) is 3.88. The Morgan fingerprint density at radius 1 is 1.17 bits per heavy atom. The molecule has 1 aliphatic heterocycles. The van der Waals surface area contributed by atoms with Gasteiger partial charge in [-0.15, -0.1) is 0 Å². The zero-order valence-corrected chi connectivity index (χ0v) is 17.7. The zero-order chi connectivity index (χ0) is 21.3. The predicted octanol–water partition coefficient (Wildman–Crippen LogP) is 4.87. The fourth-order valence-corrected chi connectivity index (χ4v) is 4.57. The normalized spacial score (nSPS) is 23.6. The number of hydrogen-bond donors (Lipinski definition) is 0. The Morgan fingerprint density at radius 2 is 1.93 bits per heavy atom. The molecule has 2 heterocycles. The maximum Gasteiger partial charge on any atom is 0.315 e. The van der Waals surface area contributed by atoms with Crippen molar-refractivity contribution in [3.05, 3.63) is 76.2 Å². The Hall–Kier alpha value is -2.79. The molecule has 4 rings (SSSR count). The molecule has 0 radical (unpaired) electrons. The van der Waals surface area contributed by atoms with E-state index in [0.717, 1.165) is 11.3 Å². The summed E-state index contributed by atoms with van der Waals surface area (Å²) in [7, 11) is 0. The summed E-state index contributed by atoms with van der Waals surface area (Å²) in [5, 5.41) is 0.666. The standard InChI is InChI=1S/C24H23ClN2O3/c1-3-30-24(29)21-14(2)27-19-12-16(15-7-9-17(25)10-8-15)13-20(28)22(19)23(21)18-6-4-5-11-26-18/h4-11,16,21,23H,3,12-13H2,1-2H3/t16-,21?,23+/m0/s1. The Kier molecular flexibility index (Phi) is 5.82. The highest BCUT2D eigenvalue weighted by molar-refractivity contribution is 6.30. The van der Waals surface area contributed by atoms with Crippen LogP contribution in [0.15, 0.2) is 64.9 Å². The second kappa shape index (κ2) is 8.52. The van der Waals surface area contributed by atoms with E-state index in [4.69, 9.17) is 21.3 Å². The number of hydrogen-bond acceptors (Lipinski definition) is 5. The Labute approximate surface area is 180 Å². The van der Waals surface area contributed by atoms with Gasteiger partial charge in [0.2, 0.25) is 0 Å². The second-order valence-corrected chi connectivity index (χ2v) is 8.09. The topological polar surface area (TPSA) is 68.6 Å². The molecular formula is C24H23ClN2O3. The number of pyridine rings is 1. The van der Waals surface area contributed by atoms with Gasteiger partial charge in [0.25, 0.3) is 0 Å². The van der Waals surface area contributed by atoms with Crippen molar-refractivity contribution in [3.63, 3.8) is 0 Å². The van der Waals surface area contributed by atoms with Crippen LogP contribution in [0.5, 0.6) is 0 Å². The third-order valence-electron chi connectivity index (χ3n) is 5.78. The highest BCUT2D eigenvalue weighted by atomic mass is 35.5. The first-order valence-corrected chi connectivity index (χ1v) is 10.5. The molecule has 1 unspecified atom stereocenters. The van der Waals surface area contributed by atoms with Crippen molar-refractivity contribution in [1.82, 2.24) is 4.98 Å². The van der Waals surface area contributed by atoms with Gasteiger partial charge in [0.1, 0.15) is 5.92 Å². The molecule has 0 saturated carbocycles. The van der Waals surface area contributed by atoms with Gasteiger partial charge in [0, 0.05) is 40.3 Å². The lowest BCUT2D eigenvalue weighted by Gasteiger charge is -2.36. The van der Waals surface area contributed by atoms with Crippen LogP contribution in [0.4, 0.5) is 0 Å². The average molecular weight is 423 g/mol. The van der Waals surface area contributed by atoms with Crippen LogP contribution in [-0.4, -0.2) is 29.1 Å². The molecule has 30 heavy (non-hydrogen) atoms. The number of aliphatic imine (C=N–C) groups is 1. The monoisotopic (exact) mass is 422 g/mol. The molecule has 0 saturated heterocycles. The molecule has 0 bridgehead atoms. The number of halogens is 1. The van der Waals surface area contributed by atoms with Crippen molar-refractivity contribution in [1.29, 1.82) is 0 Å². The summed E-state index contributed by atoms with van der Waals surface area (Å²) in [5.74, 6) is -1.44. The van der Waals surface area contributed by atoms with Gasteiger partial charge < -0.3 is 4.74 Å². The summed E-state index contributed by atoms with van der Waals surface area (Å²) < 4.78 is 5.33. The number of esters is 1. The second-order valence-electron chi connectivity index (χ2n) is 7.66. The molecule has 1 aliphatic carbocycles. The van der Waals surface area contributed by atoms with E-state index in [-0.39, 0.29) is 24.3 Å². The third kappa shape index (κ3) is 3.82. The van der Waals surface area contributed by atoms with Crippen LogP contribution in [0, 0.1) is 5.92 Å². The molecule has 2 aromatic rings. The van der Waals surface area contributed by atoms with Crippen LogP contribution in [-0.2, 0) is 14.3 Å². The van der Waals surface area contributed by atoms with Gasteiger partial charge in [0.15, 0.2) is 5.78 Å². The van der Waals surface area contributed by atoms with Crippen LogP contribution in [0.1, 0.15) is 49.8 Å². The summed E-state index contributed by atoms with van der Waals surface area (Å²) in [4.78, 5) is 35.4. The van der Waals surface area contributed by atoms with Crippen molar-refractivity contribution < 1.29 is 14.3 Å². The van der Waals surface area contributed by atoms with Crippen molar-refractivity contribution in [2.24, 2.45) is 10.9 Å². The van der Waals surface area contributed by atoms with Gasteiger partial charge in [-0.2, -0.15) is 0 Å². The van der Waals surface area contributed by atoms with Crippen LogP contribution in [0.25, 0.3) is 0 Å². The molecule has 5 nitrogen and oxygen atoms in total. The maximum absolute atomic E-state index is 13.4. The first kappa shape index (κ1) is 20.5. The van der Waals surface area contributed by atoms with Gasteiger partial charge >= 0.3 is 5.97 Å². The number of allylic oxidation sites excluding steroid dienone is 2. The molecule has 1 aromatic heterocycles. The smallest absolute Gasteiger partial charge is 0.315 e. The van der Waals surface area contributed by atoms with Gasteiger partial charge in [0.05, 0.1) is 12.5 Å². The fourth-order valence-electron chi connectivity index (χ4n) is 4.45. The molecule has 2 aliphatic rings. The first-order valence-electron chi connectivity index (χ1n) is 10.1. The van der Waals surface area contributed by atoms with Crippen LogP contribution < -0.4 is 0 Å². The van der Waals surface area contributed by atoms with Gasteiger partial charge in [-0.1, -0.05) is 29.8 Å². The summed E-state index contributed by atoms with van der Waals surface area (Å²) >= 11 is 6.02. The van der Waals surface area contributed by atoms with E-state index < -0.39 is 11.8 Å². The highest BCUT2D eigenvalue weighted by Crippen LogP contribution is 2.46. The van der Waals surface area contributed by atoms with Crippen LogP contribution in [0.3, 0.4) is 0 Å². The van der Waals surface area contributed by atoms with Gasteiger partial charge in [-0.3, -0.25) is 19.6 Å². The fraction of sp³-hybridized carbons (Fsp3) is 0.333. The zero-order valence-electron chi connectivity index (χ0n) is 17.0. The number of benzene rings is 1. The molecule has 0 N–H and O–H groups in total. The lowest BCUT2D eigenvalue weighted by Crippen LogP contribution is -2.38. The number of carbonyl (C=O) groups is 2. The number of Topliss-reactive ketones (excluding diaryl/α,β-unsaturated/α-hetero) is 1. The molecule has 0 amide bonds. The van der Waals surface area contributed by atoms with E-state index in [2.05, 4.69) is 4.98 Å². The molecular weight excluding hydrogens is 400 g/mol. The van der Waals surface area contributed by atoms with E-state index in [1.807, 2.05) is 49.4 Å². The van der Waals surface area contributed by atoms with Crippen LogP contribution >= 0.6 is 11.6 Å². The largest absolute Gasteiger partial charge is 0.465 e. The average Bonchev–Trinajstić information content (AvgIpc) is 2.74. The van der Waals surface area contributed by atoms with Crippen molar-refractivity contribution >= 4 is 29.1 Å². The Morgan fingerprint density at radius 3 is 2.60 bits per heavy atom. The minimum Gasteiger partial charge on any atom is -0.465 e. The molecule has 0 spiro atoms. The van der Waals surface area contributed by atoms with Crippen molar-refractivity contribution in [3.8, 4) is 0 Å². The van der Waals surface area contributed by atoms with E-state index in [1.165, 1.54) is 0 Å². The number of rotatable bonds is 4. The van der Waals surface area contributed by atoms with Gasteiger partial charge in [-0.25, -0.2) is 0 Å². The van der Waals surface area contributed by atoms with Crippen molar-refractivity contribution in [2.75, 3.05) is 6.61 Å². The summed E-state index contributed by atoms with van der Waals surface area (Å²) in [6, 6.07) is 13.2. The third-order valence-corrected chi connectivity index (χ3v) is 6.03. The number of aromatic nitrogens is 1. The molecule has 1 aromatic carbocycles. The maximum atomic E-state index is 13.4. The van der Waals surface area contributed by atoms with E-state index in [0.29, 0.717) is 34.8 Å². The first-order chi connectivity index (χ1) is 14.5. The summed E-state index contributed by atoms with van der Waals surface area (Å²) in [6.07, 6.45) is 2.69. The van der Waals surface area contributed by atoms with E-state index in [9.17, 15) is 9.59 Å². The van der Waals surface area contributed by atoms with Crippen LogP contribution in [0.2, 0.25) is 5.02 Å². The highest BCUT2D eigenvalue weighted by Gasteiger charge is 2.45. The van der Waals surface area contributed by atoms with Crippen molar-refractivity contribution in [2.45, 2.75) is 38.5 Å². The Balaban J connectivity index is 1.78. The molecule has 3 atom stereocenters. The number of nitrogens with zero attached hydrogens (tertiary/aromatic N) is 2. The lowest BCUT2D eigenvalue weighted by atomic mass is 9.70. The van der Waals surface area contributed by atoms with E-state index in [1.54, 1.807) is 13.1 Å². The molecule has 154 valence electrons. The SMILES string of the molecule is CCOC(=O)C1C(C)=NC2=C(C(=O)C[C@@H](c3ccc(Cl)cc3)C2)[C@@H]1c1ccccn1. The number of ketones is 1. The quantitative estimate of drug-likeness (QED) is 0.659. The molecule has 0 fully saturated rings. The Bertz CT molecular complexity index is 1030. The lowest BCUT2D eigenvalue weighted by molar-refractivity contribution is -0.146. The predicted molar refractivity (Wildman–Crippen MR) is 116 cm³/mol. The number of carbonyl (C=O) groups excluding carboxylic acids is 2. The summed E-state index contributed by atoms with van der Waals surface area (Å²) in [5.41, 5.74) is 3.76. The number of ether oxygens (including phenoxy) is 1. The van der Waals surface area contributed by atoms with E-state index >= 15 is 0 Å². The molecule has 6 heteroatoms.